The van der Waals surface area contributed by atoms with Crippen LogP contribution in [0.15, 0.2) is 48.7 Å². The van der Waals surface area contributed by atoms with Crippen molar-refractivity contribution < 1.29 is 14.0 Å². The van der Waals surface area contributed by atoms with E-state index < -0.39 is 6.03 Å². The Bertz CT molecular complexity index is 706. The summed E-state index contributed by atoms with van der Waals surface area (Å²) in [5.41, 5.74) is 0.617. The van der Waals surface area contributed by atoms with Crippen LogP contribution in [0.3, 0.4) is 0 Å². The minimum absolute atomic E-state index is 0.111. The fraction of sp³-hybridized carbons (Fsp3) is 0.188. The SMILES string of the molecule is O=C(Nc1ccccn1)N[C@@H]1CC(=O)N(c2ccc(F)cc2)C1. The quantitative estimate of drug-likeness (QED) is 0.911. The van der Waals surface area contributed by atoms with Gasteiger partial charge in [-0.05, 0) is 36.4 Å². The van der Waals surface area contributed by atoms with Crippen LogP contribution in [0.25, 0.3) is 0 Å². The van der Waals surface area contributed by atoms with E-state index in [-0.39, 0.29) is 24.2 Å². The highest BCUT2D eigenvalue weighted by atomic mass is 19.1. The van der Waals surface area contributed by atoms with Gasteiger partial charge in [0.1, 0.15) is 11.6 Å². The predicted octanol–water partition coefficient (Wildman–Crippen LogP) is 2.15. The molecule has 118 valence electrons. The Hall–Kier alpha value is -2.96. The largest absolute Gasteiger partial charge is 0.333 e. The zero-order valence-corrected chi connectivity index (χ0v) is 12.2. The van der Waals surface area contributed by atoms with Crippen LogP contribution in [-0.4, -0.2) is 29.5 Å². The van der Waals surface area contributed by atoms with E-state index in [1.54, 1.807) is 36.5 Å². The number of amides is 3. The van der Waals surface area contributed by atoms with E-state index >= 15 is 0 Å². The lowest BCUT2D eigenvalue weighted by molar-refractivity contribution is -0.117. The van der Waals surface area contributed by atoms with Crippen LogP contribution in [0.5, 0.6) is 0 Å². The van der Waals surface area contributed by atoms with Crippen molar-refractivity contribution in [3.8, 4) is 0 Å². The number of anilines is 2. The van der Waals surface area contributed by atoms with E-state index in [2.05, 4.69) is 15.6 Å². The number of benzene rings is 1. The molecule has 1 aliphatic heterocycles. The monoisotopic (exact) mass is 314 g/mol. The molecule has 23 heavy (non-hydrogen) atoms. The van der Waals surface area contributed by atoms with E-state index in [0.29, 0.717) is 18.1 Å². The molecule has 1 aromatic heterocycles. The van der Waals surface area contributed by atoms with E-state index in [0.717, 1.165) is 0 Å². The summed E-state index contributed by atoms with van der Waals surface area (Å²) < 4.78 is 13.0. The molecule has 7 heteroatoms. The second kappa shape index (κ2) is 6.43. The average molecular weight is 314 g/mol. The van der Waals surface area contributed by atoms with Crippen molar-refractivity contribution in [2.24, 2.45) is 0 Å². The molecule has 0 radical (unpaired) electrons. The summed E-state index contributed by atoms with van der Waals surface area (Å²) in [4.78, 5) is 29.5. The van der Waals surface area contributed by atoms with Crippen molar-refractivity contribution in [3.05, 3.63) is 54.5 Å². The molecule has 3 rings (SSSR count). The molecule has 0 spiro atoms. The van der Waals surface area contributed by atoms with Crippen LogP contribution in [-0.2, 0) is 4.79 Å². The normalized spacial score (nSPS) is 17.2. The van der Waals surface area contributed by atoms with Gasteiger partial charge in [-0.2, -0.15) is 0 Å². The summed E-state index contributed by atoms with van der Waals surface area (Å²) in [6.07, 6.45) is 1.78. The summed E-state index contributed by atoms with van der Waals surface area (Å²) in [5.74, 6) is -0.0331. The van der Waals surface area contributed by atoms with E-state index in [4.69, 9.17) is 0 Å². The second-order valence-corrected chi connectivity index (χ2v) is 5.20. The number of nitrogens with zero attached hydrogens (tertiary/aromatic N) is 2. The van der Waals surface area contributed by atoms with Crippen molar-refractivity contribution in [3.63, 3.8) is 0 Å². The average Bonchev–Trinajstić information content (AvgIpc) is 2.89. The van der Waals surface area contributed by atoms with Crippen molar-refractivity contribution in [2.75, 3.05) is 16.8 Å². The molecule has 0 aliphatic carbocycles. The fourth-order valence-electron chi connectivity index (χ4n) is 2.45. The van der Waals surface area contributed by atoms with Gasteiger partial charge >= 0.3 is 6.03 Å². The molecule has 6 nitrogen and oxygen atoms in total. The summed E-state index contributed by atoms with van der Waals surface area (Å²) >= 11 is 0. The summed E-state index contributed by atoms with van der Waals surface area (Å²) in [6, 6.07) is 10.2. The maximum Gasteiger partial charge on any atom is 0.320 e. The van der Waals surface area contributed by atoms with Gasteiger partial charge in [0.2, 0.25) is 5.91 Å². The number of nitrogens with one attached hydrogen (secondary N) is 2. The number of aromatic nitrogens is 1. The van der Waals surface area contributed by atoms with Gasteiger partial charge in [0.25, 0.3) is 0 Å². The number of urea groups is 1. The Kier molecular flexibility index (Phi) is 4.18. The maximum absolute atomic E-state index is 13.0. The smallest absolute Gasteiger partial charge is 0.320 e. The fourth-order valence-corrected chi connectivity index (χ4v) is 2.45. The minimum Gasteiger partial charge on any atom is -0.333 e. The number of rotatable bonds is 3. The maximum atomic E-state index is 13.0. The van der Waals surface area contributed by atoms with E-state index in [1.807, 2.05) is 0 Å². The Morgan fingerprint density at radius 3 is 2.70 bits per heavy atom. The van der Waals surface area contributed by atoms with Gasteiger partial charge in [-0.25, -0.2) is 14.2 Å². The molecule has 0 saturated carbocycles. The standard InChI is InChI=1S/C16H15FN4O2/c17-11-4-6-13(7-5-11)21-10-12(9-15(21)22)19-16(23)20-14-3-1-2-8-18-14/h1-8,12H,9-10H2,(H2,18,19,20,23)/t12-/m1/s1. The summed E-state index contributed by atoms with van der Waals surface area (Å²) in [7, 11) is 0. The number of pyridine rings is 1. The molecule has 0 unspecified atom stereocenters. The lowest BCUT2D eigenvalue weighted by Crippen LogP contribution is -2.39. The van der Waals surface area contributed by atoms with Gasteiger partial charge < -0.3 is 10.2 Å². The Labute approximate surface area is 132 Å². The first-order valence-electron chi connectivity index (χ1n) is 7.16. The van der Waals surface area contributed by atoms with Crippen LogP contribution in [0.4, 0.5) is 20.7 Å². The molecule has 3 amide bonds. The molecule has 0 bridgehead atoms. The zero-order valence-electron chi connectivity index (χ0n) is 12.2. The van der Waals surface area contributed by atoms with Crippen LogP contribution in [0.2, 0.25) is 0 Å². The highest BCUT2D eigenvalue weighted by Gasteiger charge is 2.31. The number of carbonyl (C=O) groups excluding carboxylic acids is 2. The highest BCUT2D eigenvalue weighted by Crippen LogP contribution is 2.21. The lowest BCUT2D eigenvalue weighted by atomic mass is 10.2. The highest BCUT2D eigenvalue weighted by molar-refractivity contribution is 5.97. The van der Waals surface area contributed by atoms with Crippen molar-refractivity contribution in [1.29, 1.82) is 0 Å². The molecule has 1 aliphatic rings. The number of carbonyl (C=O) groups is 2. The first-order chi connectivity index (χ1) is 11.1. The van der Waals surface area contributed by atoms with Gasteiger partial charge in [0.15, 0.2) is 0 Å². The first kappa shape index (κ1) is 15.0. The van der Waals surface area contributed by atoms with E-state index in [1.165, 1.54) is 17.0 Å². The molecule has 1 fully saturated rings. The van der Waals surface area contributed by atoms with Gasteiger partial charge in [0, 0.05) is 24.8 Å². The number of hydrogen-bond donors (Lipinski definition) is 2. The predicted molar refractivity (Wildman–Crippen MR) is 83.5 cm³/mol. The second-order valence-electron chi connectivity index (χ2n) is 5.20. The Morgan fingerprint density at radius 1 is 1.22 bits per heavy atom. The number of halogens is 1. The molecular formula is C16H15FN4O2. The molecule has 2 heterocycles. The molecule has 1 atom stereocenters. The van der Waals surface area contributed by atoms with Gasteiger partial charge in [0.05, 0.1) is 6.04 Å². The van der Waals surface area contributed by atoms with Gasteiger partial charge in [-0.1, -0.05) is 6.07 Å². The van der Waals surface area contributed by atoms with Crippen molar-refractivity contribution in [2.45, 2.75) is 12.5 Å². The Morgan fingerprint density at radius 2 is 2.00 bits per heavy atom. The molecule has 2 N–H and O–H groups in total. The van der Waals surface area contributed by atoms with Crippen LogP contribution < -0.4 is 15.5 Å². The van der Waals surface area contributed by atoms with Gasteiger partial charge in [-0.3, -0.25) is 10.1 Å². The zero-order chi connectivity index (χ0) is 16.2. The van der Waals surface area contributed by atoms with Gasteiger partial charge in [-0.15, -0.1) is 0 Å². The topological polar surface area (TPSA) is 74.3 Å². The third-order valence-corrected chi connectivity index (χ3v) is 3.51. The molecule has 1 aromatic carbocycles. The Balaban J connectivity index is 1.59. The van der Waals surface area contributed by atoms with Crippen LogP contribution in [0.1, 0.15) is 6.42 Å². The molecular weight excluding hydrogens is 299 g/mol. The number of hydrogen-bond acceptors (Lipinski definition) is 3. The summed E-state index contributed by atoms with van der Waals surface area (Å²) in [6.45, 7) is 0.347. The summed E-state index contributed by atoms with van der Waals surface area (Å²) in [5, 5.41) is 5.35. The van der Waals surface area contributed by atoms with Crippen LogP contribution in [0, 0.1) is 5.82 Å². The third-order valence-electron chi connectivity index (χ3n) is 3.51. The van der Waals surface area contributed by atoms with E-state index in [9.17, 15) is 14.0 Å². The van der Waals surface area contributed by atoms with Crippen molar-refractivity contribution in [1.82, 2.24) is 10.3 Å². The first-order valence-corrected chi connectivity index (χ1v) is 7.16. The minimum atomic E-state index is -0.414. The van der Waals surface area contributed by atoms with Crippen molar-refractivity contribution >= 4 is 23.4 Å². The molecule has 2 aromatic rings. The van der Waals surface area contributed by atoms with Crippen LogP contribution >= 0.6 is 0 Å². The molecule has 1 saturated heterocycles. The third kappa shape index (κ3) is 3.63. The lowest BCUT2D eigenvalue weighted by Gasteiger charge is -2.17.